The second-order valence-corrected chi connectivity index (χ2v) is 6.68. The van der Waals surface area contributed by atoms with Gasteiger partial charge in [0.15, 0.2) is 5.78 Å². The number of allylic oxidation sites excluding steroid dienone is 2. The van der Waals surface area contributed by atoms with E-state index in [9.17, 15) is 4.79 Å². The van der Waals surface area contributed by atoms with Gasteiger partial charge >= 0.3 is 0 Å². The Labute approximate surface area is 151 Å². The Balaban J connectivity index is 1.94. The minimum Gasteiger partial charge on any atom is -0.496 e. The maximum absolute atomic E-state index is 12.7. The highest BCUT2D eigenvalue weighted by Crippen LogP contribution is 2.51. The van der Waals surface area contributed by atoms with Gasteiger partial charge in [-0.15, -0.1) is 0 Å². The number of methoxy groups -OCH3 is 2. The Kier molecular flexibility index (Phi) is 3.15. The van der Waals surface area contributed by atoms with Gasteiger partial charge in [-0.1, -0.05) is 24.3 Å². The van der Waals surface area contributed by atoms with E-state index in [-0.39, 0.29) is 5.78 Å². The number of rotatable bonds is 2. The highest BCUT2D eigenvalue weighted by molar-refractivity contribution is 6.11. The largest absolute Gasteiger partial charge is 0.496 e. The molecule has 1 atom stereocenters. The molecule has 1 heterocycles. The van der Waals surface area contributed by atoms with Crippen LogP contribution in [0.4, 0.5) is 0 Å². The second kappa shape index (κ2) is 5.32. The zero-order valence-electron chi connectivity index (χ0n) is 14.7. The highest BCUT2D eigenvalue weighted by Gasteiger charge is 2.45. The van der Waals surface area contributed by atoms with Gasteiger partial charge in [0.25, 0.3) is 5.79 Å². The fraction of sp³-hybridized carbons (Fsp3) is 0.227. The molecule has 0 saturated carbocycles. The van der Waals surface area contributed by atoms with E-state index in [4.69, 9.17) is 14.2 Å². The summed E-state index contributed by atoms with van der Waals surface area (Å²) < 4.78 is 17.8. The van der Waals surface area contributed by atoms with Gasteiger partial charge in [-0.25, -0.2) is 0 Å². The molecule has 3 aliphatic rings. The molecule has 1 aliphatic heterocycles. The third-order valence-corrected chi connectivity index (χ3v) is 5.44. The number of ketones is 1. The molecule has 0 saturated heterocycles. The predicted molar refractivity (Wildman–Crippen MR) is 97.6 cm³/mol. The zero-order valence-corrected chi connectivity index (χ0v) is 14.7. The van der Waals surface area contributed by atoms with Crippen molar-refractivity contribution in [3.8, 4) is 11.5 Å². The van der Waals surface area contributed by atoms with E-state index < -0.39 is 5.79 Å². The van der Waals surface area contributed by atoms with Crippen LogP contribution in [0.1, 0.15) is 39.0 Å². The van der Waals surface area contributed by atoms with E-state index in [1.54, 1.807) is 20.3 Å². The van der Waals surface area contributed by atoms with Crippen molar-refractivity contribution >= 4 is 11.4 Å². The maximum Gasteiger partial charge on any atom is 0.258 e. The average Bonchev–Trinajstić information content (AvgIpc) is 2.80. The van der Waals surface area contributed by atoms with Gasteiger partial charge in [-0.2, -0.15) is 0 Å². The minimum absolute atomic E-state index is 0.0995. The van der Waals surface area contributed by atoms with Crippen LogP contribution in [0.25, 0.3) is 5.57 Å². The third kappa shape index (κ3) is 1.85. The molecule has 0 amide bonds. The summed E-state index contributed by atoms with van der Waals surface area (Å²) in [5, 5.41) is 0. The van der Waals surface area contributed by atoms with Crippen LogP contribution in [0.15, 0.2) is 48.6 Å². The molecule has 4 nitrogen and oxygen atoms in total. The van der Waals surface area contributed by atoms with Crippen molar-refractivity contribution < 1.29 is 19.0 Å². The fourth-order valence-corrected chi connectivity index (χ4v) is 4.29. The van der Waals surface area contributed by atoms with Crippen LogP contribution >= 0.6 is 0 Å². The zero-order chi connectivity index (χ0) is 17.9. The molecule has 0 N–H and O–H groups in total. The van der Waals surface area contributed by atoms with E-state index in [1.807, 2.05) is 24.3 Å². The number of carbonyl (C=O) groups is 1. The summed E-state index contributed by atoms with van der Waals surface area (Å²) in [6.07, 6.45) is 7.37. The molecule has 0 bridgehead atoms. The highest BCUT2D eigenvalue weighted by atomic mass is 16.7. The van der Waals surface area contributed by atoms with Crippen LogP contribution in [0.5, 0.6) is 11.5 Å². The molecule has 2 aromatic carbocycles. The van der Waals surface area contributed by atoms with Gasteiger partial charge in [-0.05, 0) is 53.8 Å². The Morgan fingerprint density at radius 1 is 1.12 bits per heavy atom. The SMILES string of the molecule is COc1ccc2c3c1C(=O)C=C[C@]3(OC)Oc1cccc3c1C2=CCC3. The average molecular weight is 346 g/mol. The minimum atomic E-state index is -1.15. The van der Waals surface area contributed by atoms with Gasteiger partial charge in [0.2, 0.25) is 0 Å². The van der Waals surface area contributed by atoms with Crippen LogP contribution in [-0.4, -0.2) is 20.0 Å². The van der Waals surface area contributed by atoms with Crippen molar-refractivity contribution in [3.05, 3.63) is 76.4 Å². The monoisotopic (exact) mass is 346 g/mol. The van der Waals surface area contributed by atoms with E-state index in [1.165, 1.54) is 11.6 Å². The molecule has 4 heteroatoms. The molecule has 0 unspecified atom stereocenters. The predicted octanol–water partition coefficient (Wildman–Crippen LogP) is 4.02. The molecule has 130 valence electrons. The van der Waals surface area contributed by atoms with Crippen molar-refractivity contribution in [2.75, 3.05) is 14.2 Å². The first-order valence-electron chi connectivity index (χ1n) is 8.70. The summed E-state index contributed by atoms with van der Waals surface area (Å²) in [7, 11) is 3.17. The van der Waals surface area contributed by atoms with Crippen LogP contribution in [0, 0.1) is 0 Å². The normalized spacial score (nSPS) is 21.9. The number of ether oxygens (including phenoxy) is 3. The van der Waals surface area contributed by atoms with Crippen molar-refractivity contribution in [3.63, 3.8) is 0 Å². The molecule has 0 fully saturated rings. The van der Waals surface area contributed by atoms with Crippen LogP contribution < -0.4 is 9.47 Å². The lowest BCUT2D eigenvalue weighted by Crippen LogP contribution is -2.37. The molecule has 0 radical (unpaired) electrons. The van der Waals surface area contributed by atoms with Crippen molar-refractivity contribution in [2.24, 2.45) is 0 Å². The van der Waals surface area contributed by atoms with E-state index >= 15 is 0 Å². The van der Waals surface area contributed by atoms with E-state index in [0.717, 1.165) is 40.9 Å². The topological polar surface area (TPSA) is 44.8 Å². The number of aryl methyl sites for hydroxylation is 1. The summed E-state index contributed by atoms with van der Waals surface area (Å²) in [4.78, 5) is 12.7. The molecule has 0 aromatic heterocycles. The maximum atomic E-state index is 12.7. The van der Waals surface area contributed by atoms with Crippen molar-refractivity contribution in [1.82, 2.24) is 0 Å². The molecular weight excluding hydrogens is 328 g/mol. The lowest BCUT2D eigenvalue weighted by Gasteiger charge is -2.34. The van der Waals surface area contributed by atoms with Gasteiger partial charge in [0, 0.05) is 12.7 Å². The lowest BCUT2D eigenvalue weighted by atomic mass is 9.80. The van der Waals surface area contributed by atoms with E-state index in [0.29, 0.717) is 11.3 Å². The van der Waals surface area contributed by atoms with Gasteiger partial charge in [0.05, 0.1) is 18.2 Å². The Bertz CT molecular complexity index is 1020. The number of carbonyl (C=O) groups excluding carboxylic acids is 1. The second-order valence-electron chi connectivity index (χ2n) is 6.68. The van der Waals surface area contributed by atoms with Crippen molar-refractivity contribution in [1.29, 1.82) is 0 Å². The van der Waals surface area contributed by atoms with Gasteiger partial charge in [0.1, 0.15) is 11.5 Å². The third-order valence-electron chi connectivity index (χ3n) is 5.44. The summed E-state index contributed by atoms with van der Waals surface area (Å²) in [6, 6.07) is 9.97. The number of hydrogen-bond donors (Lipinski definition) is 0. The smallest absolute Gasteiger partial charge is 0.258 e. The molecule has 5 rings (SSSR count). The Morgan fingerprint density at radius 3 is 2.81 bits per heavy atom. The van der Waals surface area contributed by atoms with Crippen LogP contribution in [0.3, 0.4) is 0 Å². The number of benzene rings is 2. The number of hydrogen-bond acceptors (Lipinski definition) is 4. The van der Waals surface area contributed by atoms with Crippen LogP contribution in [-0.2, 0) is 16.9 Å². The van der Waals surface area contributed by atoms with Crippen molar-refractivity contribution in [2.45, 2.75) is 18.6 Å². The van der Waals surface area contributed by atoms with Crippen LogP contribution in [0.2, 0.25) is 0 Å². The molecular formula is C22H18O4. The van der Waals surface area contributed by atoms with Gasteiger partial charge in [-0.3, -0.25) is 4.79 Å². The first-order valence-corrected chi connectivity index (χ1v) is 8.70. The number of fused-ring (bicyclic) bond motifs is 1. The summed E-state index contributed by atoms with van der Waals surface area (Å²) in [5.41, 5.74) is 5.65. The first kappa shape index (κ1) is 15.4. The molecule has 0 spiro atoms. The summed E-state index contributed by atoms with van der Waals surface area (Å²) in [6.45, 7) is 0. The van der Waals surface area contributed by atoms with Gasteiger partial charge < -0.3 is 14.2 Å². The Hall–Kier alpha value is -2.85. The van der Waals surface area contributed by atoms with E-state index in [2.05, 4.69) is 12.1 Å². The first-order chi connectivity index (χ1) is 12.7. The standard InChI is InChI=1S/C22H18O4/c1-24-17-10-9-15-14-7-3-5-13-6-4-8-18(19(13)14)26-22(25-2)12-11-16(23)20(17)21(15)22/h4,6-12H,3,5H2,1-2H3/t22-/m0/s1. The quantitative estimate of drug-likeness (QED) is 0.824. The Morgan fingerprint density at radius 2 is 2.00 bits per heavy atom. The summed E-state index contributed by atoms with van der Waals surface area (Å²) in [5.74, 6) is 0.0548. The molecule has 26 heavy (non-hydrogen) atoms. The fourth-order valence-electron chi connectivity index (χ4n) is 4.29. The molecule has 2 aliphatic carbocycles. The molecule has 2 aromatic rings. The lowest BCUT2D eigenvalue weighted by molar-refractivity contribution is -0.132. The summed E-state index contributed by atoms with van der Waals surface area (Å²) >= 11 is 0.